The van der Waals surface area contributed by atoms with Crippen molar-refractivity contribution in [3.05, 3.63) is 40.6 Å². The van der Waals surface area contributed by atoms with Gasteiger partial charge in [0.1, 0.15) is 5.82 Å². The van der Waals surface area contributed by atoms with Crippen molar-refractivity contribution >= 4 is 37.5 Å². The molecule has 0 unspecified atom stereocenters. The fourth-order valence-corrected chi connectivity index (χ4v) is 2.55. The SMILES string of the molecule is Nc1nc(=O)c2cnc3ccc(F)cc3c2s1. The van der Waals surface area contributed by atoms with Crippen molar-refractivity contribution < 1.29 is 4.39 Å². The molecule has 6 heteroatoms. The third-order valence-corrected chi connectivity index (χ3v) is 3.37. The largest absolute Gasteiger partial charge is 0.375 e. The van der Waals surface area contributed by atoms with Crippen LogP contribution in [0.3, 0.4) is 0 Å². The van der Waals surface area contributed by atoms with Crippen molar-refractivity contribution in [3.63, 3.8) is 0 Å². The van der Waals surface area contributed by atoms with E-state index in [1.54, 1.807) is 6.07 Å². The van der Waals surface area contributed by atoms with E-state index in [1.807, 2.05) is 0 Å². The summed E-state index contributed by atoms with van der Waals surface area (Å²) in [5.74, 6) is -0.373. The van der Waals surface area contributed by atoms with Crippen molar-refractivity contribution in [1.29, 1.82) is 0 Å². The second kappa shape index (κ2) is 3.46. The quantitative estimate of drug-likeness (QED) is 0.616. The summed E-state index contributed by atoms with van der Waals surface area (Å²) in [5, 5.41) is 1.11. The Hall–Kier alpha value is -2.08. The summed E-state index contributed by atoms with van der Waals surface area (Å²) in [6.07, 6.45) is 1.45. The Bertz CT molecular complexity index is 800. The lowest BCUT2D eigenvalue weighted by molar-refractivity contribution is 0.630. The van der Waals surface area contributed by atoms with Gasteiger partial charge in [0.05, 0.1) is 15.6 Å². The molecule has 0 aliphatic rings. The van der Waals surface area contributed by atoms with E-state index in [2.05, 4.69) is 9.97 Å². The minimum atomic E-state index is -0.435. The molecule has 17 heavy (non-hydrogen) atoms. The van der Waals surface area contributed by atoms with Crippen LogP contribution in [-0.2, 0) is 0 Å². The fraction of sp³-hybridized carbons (Fsp3) is 0. The molecular formula is C11H6FN3OS. The number of pyridine rings is 1. The summed E-state index contributed by atoms with van der Waals surface area (Å²) in [7, 11) is 0. The Morgan fingerprint density at radius 2 is 2.12 bits per heavy atom. The zero-order valence-electron chi connectivity index (χ0n) is 8.48. The minimum Gasteiger partial charge on any atom is -0.375 e. The Morgan fingerprint density at radius 3 is 2.94 bits per heavy atom. The van der Waals surface area contributed by atoms with E-state index in [1.165, 1.54) is 18.3 Å². The van der Waals surface area contributed by atoms with Gasteiger partial charge in [-0.3, -0.25) is 9.78 Å². The summed E-state index contributed by atoms with van der Waals surface area (Å²) in [6, 6.07) is 4.24. The maximum atomic E-state index is 13.2. The monoisotopic (exact) mass is 247 g/mol. The lowest BCUT2D eigenvalue weighted by Crippen LogP contribution is -2.07. The smallest absolute Gasteiger partial charge is 0.282 e. The molecule has 3 rings (SSSR count). The molecule has 2 aromatic heterocycles. The van der Waals surface area contributed by atoms with Gasteiger partial charge in [-0.2, -0.15) is 4.98 Å². The number of fused-ring (bicyclic) bond motifs is 3. The average molecular weight is 247 g/mol. The molecule has 3 aromatic rings. The van der Waals surface area contributed by atoms with Crippen LogP contribution >= 0.6 is 11.3 Å². The highest BCUT2D eigenvalue weighted by atomic mass is 32.1. The lowest BCUT2D eigenvalue weighted by Gasteiger charge is -2.02. The average Bonchev–Trinajstić information content (AvgIpc) is 2.28. The fourth-order valence-electron chi connectivity index (χ4n) is 1.69. The number of hydrogen-bond acceptors (Lipinski definition) is 5. The van der Waals surface area contributed by atoms with Crippen LogP contribution in [0.15, 0.2) is 29.2 Å². The molecule has 0 saturated heterocycles. The van der Waals surface area contributed by atoms with Crippen LogP contribution in [0.4, 0.5) is 9.52 Å². The second-order valence-electron chi connectivity index (χ2n) is 3.52. The van der Waals surface area contributed by atoms with E-state index in [0.29, 0.717) is 21.0 Å². The molecule has 0 radical (unpaired) electrons. The van der Waals surface area contributed by atoms with Gasteiger partial charge >= 0.3 is 0 Å². The number of aromatic nitrogens is 2. The first kappa shape index (κ1) is 10.1. The van der Waals surface area contributed by atoms with Gasteiger partial charge < -0.3 is 5.73 Å². The normalized spacial score (nSPS) is 11.1. The Labute approximate surface area is 98.6 Å². The van der Waals surface area contributed by atoms with Gasteiger partial charge in [0.25, 0.3) is 5.56 Å². The molecule has 0 aliphatic carbocycles. The number of anilines is 1. The molecule has 4 nitrogen and oxygen atoms in total. The summed E-state index contributed by atoms with van der Waals surface area (Å²) in [6.45, 7) is 0. The first-order chi connectivity index (χ1) is 8.15. The molecule has 2 heterocycles. The van der Waals surface area contributed by atoms with Gasteiger partial charge in [-0.25, -0.2) is 4.39 Å². The Balaban J connectivity index is 2.62. The van der Waals surface area contributed by atoms with E-state index in [-0.39, 0.29) is 10.9 Å². The molecule has 0 aliphatic heterocycles. The molecule has 1 aromatic carbocycles. The Morgan fingerprint density at radius 1 is 1.29 bits per heavy atom. The van der Waals surface area contributed by atoms with E-state index in [4.69, 9.17) is 5.73 Å². The molecule has 0 spiro atoms. The number of nitrogens with zero attached hydrogens (tertiary/aromatic N) is 2. The zero-order valence-corrected chi connectivity index (χ0v) is 9.29. The maximum absolute atomic E-state index is 13.2. The van der Waals surface area contributed by atoms with E-state index >= 15 is 0 Å². The molecular weight excluding hydrogens is 241 g/mol. The number of nitrogens with two attached hydrogens (primary N) is 1. The van der Waals surface area contributed by atoms with Gasteiger partial charge in [0, 0.05) is 11.6 Å². The predicted molar refractivity (Wildman–Crippen MR) is 65.6 cm³/mol. The minimum absolute atomic E-state index is 0.166. The first-order valence-corrected chi connectivity index (χ1v) is 5.61. The number of halogens is 1. The number of rotatable bonds is 0. The van der Waals surface area contributed by atoms with Gasteiger partial charge in [0.15, 0.2) is 5.13 Å². The van der Waals surface area contributed by atoms with Gasteiger partial charge in [-0.15, -0.1) is 0 Å². The van der Waals surface area contributed by atoms with Crippen LogP contribution in [0.2, 0.25) is 0 Å². The highest BCUT2D eigenvalue weighted by Crippen LogP contribution is 2.27. The van der Waals surface area contributed by atoms with Crippen LogP contribution in [-0.4, -0.2) is 9.97 Å². The summed E-state index contributed by atoms with van der Waals surface area (Å²) < 4.78 is 13.8. The number of benzene rings is 1. The summed E-state index contributed by atoms with van der Waals surface area (Å²) >= 11 is 1.15. The lowest BCUT2D eigenvalue weighted by atomic mass is 10.2. The standard InChI is InChI=1S/C11H6FN3OS/c12-5-1-2-8-6(3-5)9-7(4-14-8)10(16)15-11(13)17-9/h1-4H,(H2,13,15,16). The molecule has 84 valence electrons. The summed E-state index contributed by atoms with van der Waals surface area (Å²) in [5.41, 5.74) is 5.74. The van der Waals surface area contributed by atoms with Crippen molar-refractivity contribution in [1.82, 2.24) is 9.97 Å². The van der Waals surface area contributed by atoms with Crippen LogP contribution in [0.1, 0.15) is 0 Å². The van der Waals surface area contributed by atoms with Crippen LogP contribution in [0.25, 0.3) is 21.0 Å². The molecule has 0 atom stereocenters. The van der Waals surface area contributed by atoms with Crippen molar-refractivity contribution in [2.24, 2.45) is 0 Å². The van der Waals surface area contributed by atoms with Crippen molar-refractivity contribution in [2.75, 3.05) is 5.73 Å². The predicted octanol–water partition coefficient (Wildman–Crippen LogP) is 1.93. The molecule has 0 amide bonds. The number of nitrogen functional groups attached to an aromatic ring is 1. The number of hydrogen-bond donors (Lipinski definition) is 1. The van der Waals surface area contributed by atoms with Gasteiger partial charge in [0.2, 0.25) is 0 Å². The van der Waals surface area contributed by atoms with E-state index in [0.717, 1.165) is 11.3 Å². The Kier molecular flexibility index (Phi) is 2.05. The maximum Gasteiger partial charge on any atom is 0.282 e. The molecule has 0 saturated carbocycles. The third-order valence-electron chi connectivity index (χ3n) is 2.43. The van der Waals surface area contributed by atoms with E-state index in [9.17, 15) is 9.18 Å². The van der Waals surface area contributed by atoms with Gasteiger partial charge in [-0.05, 0) is 18.2 Å². The van der Waals surface area contributed by atoms with Crippen LogP contribution in [0, 0.1) is 5.82 Å². The molecule has 0 fully saturated rings. The molecule has 2 N–H and O–H groups in total. The highest BCUT2D eigenvalue weighted by Gasteiger charge is 2.08. The topological polar surface area (TPSA) is 68.9 Å². The van der Waals surface area contributed by atoms with Crippen molar-refractivity contribution in [2.45, 2.75) is 0 Å². The van der Waals surface area contributed by atoms with Crippen molar-refractivity contribution in [3.8, 4) is 0 Å². The second-order valence-corrected chi connectivity index (χ2v) is 4.55. The highest BCUT2D eigenvalue weighted by molar-refractivity contribution is 7.22. The zero-order chi connectivity index (χ0) is 12.0. The van der Waals surface area contributed by atoms with Gasteiger partial charge in [-0.1, -0.05) is 11.3 Å². The van der Waals surface area contributed by atoms with E-state index < -0.39 is 5.56 Å². The third kappa shape index (κ3) is 1.53. The molecule has 0 bridgehead atoms. The van der Waals surface area contributed by atoms with Crippen LogP contribution in [0.5, 0.6) is 0 Å². The van der Waals surface area contributed by atoms with Crippen LogP contribution < -0.4 is 11.3 Å². The summed E-state index contributed by atoms with van der Waals surface area (Å²) in [4.78, 5) is 19.3. The first-order valence-electron chi connectivity index (χ1n) is 4.80.